The highest BCUT2D eigenvalue weighted by Gasteiger charge is 2.37. The molecule has 90 valence electrons. The van der Waals surface area contributed by atoms with E-state index < -0.39 is 12.1 Å². The zero-order valence-electron chi connectivity index (χ0n) is 9.42. The largest absolute Gasteiger partial charge is 0.447 e. The van der Waals surface area contributed by atoms with Crippen molar-refractivity contribution in [3.63, 3.8) is 0 Å². The molecule has 2 rings (SSSR count). The summed E-state index contributed by atoms with van der Waals surface area (Å²) in [5.74, 6) is -0.218. The molecule has 2 heterocycles. The average Bonchev–Trinajstić information content (AvgIpc) is 2.72. The fourth-order valence-corrected chi connectivity index (χ4v) is 1.69. The van der Waals surface area contributed by atoms with E-state index in [2.05, 4.69) is 10.3 Å². The lowest BCUT2D eigenvalue weighted by atomic mass is 10.2. The van der Waals surface area contributed by atoms with Gasteiger partial charge in [-0.1, -0.05) is 0 Å². The maximum absolute atomic E-state index is 11.6. The highest BCUT2D eigenvalue weighted by atomic mass is 16.6. The van der Waals surface area contributed by atoms with Crippen molar-refractivity contribution in [2.75, 3.05) is 13.7 Å². The van der Waals surface area contributed by atoms with Gasteiger partial charge in [0.05, 0.1) is 6.54 Å². The molecule has 0 bridgehead atoms. The van der Waals surface area contributed by atoms with Crippen molar-refractivity contribution < 1.29 is 14.3 Å². The van der Waals surface area contributed by atoms with Gasteiger partial charge < -0.3 is 10.1 Å². The Morgan fingerprint density at radius 1 is 1.59 bits per heavy atom. The number of likely N-dealkylation sites (N-methyl/N-ethyl adjacent to an activating group) is 1. The molecule has 1 aromatic heterocycles. The number of hydrogen-bond donors (Lipinski definition) is 1. The van der Waals surface area contributed by atoms with E-state index in [-0.39, 0.29) is 12.5 Å². The monoisotopic (exact) mass is 235 g/mol. The first kappa shape index (κ1) is 11.4. The van der Waals surface area contributed by atoms with Gasteiger partial charge in [0.25, 0.3) is 0 Å². The molecule has 6 heteroatoms. The molecule has 0 radical (unpaired) electrons. The van der Waals surface area contributed by atoms with E-state index >= 15 is 0 Å². The van der Waals surface area contributed by atoms with Crippen LogP contribution in [0.25, 0.3) is 0 Å². The number of carbonyl (C=O) groups excluding carboxylic acids is 2. The molecule has 1 fully saturated rings. The third kappa shape index (κ3) is 2.35. The van der Waals surface area contributed by atoms with Crippen LogP contribution in [0.2, 0.25) is 0 Å². The van der Waals surface area contributed by atoms with Crippen molar-refractivity contribution in [3.8, 4) is 0 Å². The molecule has 0 unspecified atom stereocenters. The zero-order valence-corrected chi connectivity index (χ0v) is 9.42. The lowest BCUT2D eigenvalue weighted by Crippen LogP contribution is -2.44. The van der Waals surface area contributed by atoms with Gasteiger partial charge in [-0.15, -0.1) is 0 Å². The van der Waals surface area contributed by atoms with Crippen molar-refractivity contribution in [1.29, 1.82) is 0 Å². The lowest BCUT2D eigenvalue weighted by Gasteiger charge is -2.19. The predicted octanol–water partition coefficient (Wildman–Crippen LogP) is 0.148. The second kappa shape index (κ2) is 4.82. The molecule has 6 nitrogen and oxygen atoms in total. The molecular formula is C11H13N3O3. The number of nitrogens with zero attached hydrogens (tertiary/aromatic N) is 2. The summed E-state index contributed by atoms with van der Waals surface area (Å²) in [5.41, 5.74) is 0.910. The predicted molar refractivity (Wildman–Crippen MR) is 59.0 cm³/mol. The zero-order chi connectivity index (χ0) is 12.3. The minimum atomic E-state index is -0.555. The van der Waals surface area contributed by atoms with Crippen molar-refractivity contribution in [1.82, 2.24) is 15.2 Å². The third-order valence-electron chi connectivity index (χ3n) is 2.63. The summed E-state index contributed by atoms with van der Waals surface area (Å²) in [6, 6.07) is 3.04. The molecule has 2 amide bonds. The van der Waals surface area contributed by atoms with Crippen LogP contribution in [0.5, 0.6) is 0 Å². The topological polar surface area (TPSA) is 71.5 Å². The van der Waals surface area contributed by atoms with Gasteiger partial charge >= 0.3 is 6.09 Å². The van der Waals surface area contributed by atoms with Crippen LogP contribution in [0.1, 0.15) is 5.56 Å². The molecule has 0 aliphatic carbocycles. The number of aromatic nitrogens is 1. The molecule has 0 aromatic carbocycles. The molecule has 0 spiro atoms. The van der Waals surface area contributed by atoms with Crippen LogP contribution < -0.4 is 5.32 Å². The molecule has 1 aliphatic rings. The lowest BCUT2D eigenvalue weighted by molar-refractivity contribution is -0.124. The van der Waals surface area contributed by atoms with E-state index in [1.54, 1.807) is 24.5 Å². The Bertz CT molecular complexity index is 421. The maximum atomic E-state index is 11.6. The van der Waals surface area contributed by atoms with Crippen LogP contribution in [-0.2, 0) is 16.1 Å². The maximum Gasteiger partial charge on any atom is 0.410 e. The van der Waals surface area contributed by atoms with Gasteiger partial charge in [0, 0.05) is 19.4 Å². The molecule has 17 heavy (non-hydrogen) atoms. The van der Waals surface area contributed by atoms with Crippen LogP contribution in [-0.4, -0.2) is 41.6 Å². The Kier molecular flexibility index (Phi) is 3.22. The number of ether oxygens (including phenoxy) is 1. The summed E-state index contributed by atoms with van der Waals surface area (Å²) in [4.78, 5) is 28.4. The van der Waals surface area contributed by atoms with Crippen LogP contribution >= 0.6 is 0 Å². The number of hydrogen-bond acceptors (Lipinski definition) is 4. The normalized spacial score (nSPS) is 19.0. The number of rotatable bonds is 3. The molecule has 1 saturated heterocycles. The van der Waals surface area contributed by atoms with Gasteiger partial charge in [-0.3, -0.25) is 14.7 Å². The average molecular weight is 235 g/mol. The van der Waals surface area contributed by atoms with Gasteiger partial charge in [0.15, 0.2) is 0 Å². The van der Waals surface area contributed by atoms with Crippen LogP contribution in [0.15, 0.2) is 24.5 Å². The van der Waals surface area contributed by atoms with Crippen molar-refractivity contribution >= 4 is 12.0 Å². The van der Waals surface area contributed by atoms with Gasteiger partial charge in [-0.2, -0.15) is 0 Å². The molecule has 1 aliphatic heterocycles. The Labute approximate surface area is 98.6 Å². The number of carbonyl (C=O) groups is 2. The fourth-order valence-electron chi connectivity index (χ4n) is 1.69. The summed E-state index contributed by atoms with van der Waals surface area (Å²) < 4.78 is 4.88. The van der Waals surface area contributed by atoms with E-state index in [0.717, 1.165) is 5.56 Å². The molecule has 1 atom stereocenters. The standard InChI is InChI=1S/C11H13N3O3/c1-12-10(15)9-7-17-11(16)14(9)6-8-2-4-13-5-3-8/h2-5,9H,6-7H2,1H3,(H,12,15)/t9-/m0/s1. The van der Waals surface area contributed by atoms with E-state index in [1.807, 2.05) is 0 Å². The second-order valence-electron chi connectivity index (χ2n) is 3.69. The number of amides is 2. The third-order valence-corrected chi connectivity index (χ3v) is 2.63. The Balaban J connectivity index is 2.12. The Morgan fingerprint density at radius 2 is 2.29 bits per heavy atom. The number of pyridine rings is 1. The first-order valence-electron chi connectivity index (χ1n) is 5.26. The SMILES string of the molecule is CNC(=O)[C@@H]1COC(=O)N1Cc1ccncc1. The molecular weight excluding hydrogens is 222 g/mol. The fraction of sp³-hybridized carbons (Fsp3) is 0.364. The van der Waals surface area contributed by atoms with Gasteiger partial charge in [-0.05, 0) is 17.7 Å². The van der Waals surface area contributed by atoms with Crippen LogP contribution in [0.3, 0.4) is 0 Å². The summed E-state index contributed by atoms with van der Waals surface area (Å²) in [6.07, 6.45) is 2.83. The van der Waals surface area contributed by atoms with Gasteiger partial charge in [-0.25, -0.2) is 4.79 Å². The second-order valence-corrected chi connectivity index (χ2v) is 3.69. The number of nitrogens with one attached hydrogen (secondary N) is 1. The van der Waals surface area contributed by atoms with Gasteiger partial charge in [0.2, 0.25) is 5.91 Å². The molecule has 1 aromatic rings. The smallest absolute Gasteiger partial charge is 0.410 e. The first-order chi connectivity index (χ1) is 8.22. The van der Waals surface area contributed by atoms with E-state index in [1.165, 1.54) is 11.9 Å². The highest BCUT2D eigenvalue weighted by molar-refractivity contribution is 5.87. The number of cyclic esters (lactones) is 1. The molecule has 1 N–H and O–H groups in total. The Morgan fingerprint density at radius 3 is 2.94 bits per heavy atom. The highest BCUT2D eigenvalue weighted by Crippen LogP contribution is 2.16. The Hall–Kier alpha value is -2.11. The van der Waals surface area contributed by atoms with Crippen LogP contribution in [0.4, 0.5) is 4.79 Å². The van der Waals surface area contributed by atoms with E-state index in [0.29, 0.717) is 6.54 Å². The minimum absolute atomic E-state index is 0.101. The van der Waals surface area contributed by atoms with E-state index in [4.69, 9.17) is 4.74 Å². The minimum Gasteiger partial charge on any atom is -0.447 e. The van der Waals surface area contributed by atoms with E-state index in [9.17, 15) is 9.59 Å². The first-order valence-corrected chi connectivity index (χ1v) is 5.26. The van der Waals surface area contributed by atoms with Crippen molar-refractivity contribution in [2.24, 2.45) is 0 Å². The summed E-state index contributed by atoms with van der Waals surface area (Å²) >= 11 is 0. The van der Waals surface area contributed by atoms with Crippen molar-refractivity contribution in [3.05, 3.63) is 30.1 Å². The summed E-state index contributed by atoms with van der Waals surface area (Å²) in [5, 5.41) is 2.52. The van der Waals surface area contributed by atoms with Crippen LogP contribution in [0, 0.1) is 0 Å². The molecule has 0 saturated carbocycles. The summed E-state index contributed by atoms with van der Waals surface area (Å²) in [7, 11) is 1.54. The quantitative estimate of drug-likeness (QED) is 0.809. The van der Waals surface area contributed by atoms with Gasteiger partial charge in [0.1, 0.15) is 12.6 Å². The summed E-state index contributed by atoms with van der Waals surface area (Å²) in [6.45, 7) is 0.447. The van der Waals surface area contributed by atoms with Crippen molar-refractivity contribution in [2.45, 2.75) is 12.6 Å².